The first kappa shape index (κ1) is 19.0. The molecule has 0 saturated carbocycles. The van der Waals surface area contributed by atoms with Crippen LogP contribution in [0.2, 0.25) is 0 Å². The van der Waals surface area contributed by atoms with Crippen molar-refractivity contribution in [1.29, 1.82) is 0 Å². The minimum absolute atomic E-state index is 0.0994. The second-order valence-corrected chi connectivity index (χ2v) is 9.30. The molecule has 1 amide bonds. The predicted molar refractivity (Wildman–Crippen MR) is 103 cm³/mol. The van der Waals surface area contributed by atoms with Crippen molar-refractivity contribution >= 4 is 37.4 Å². The number of carbonyl (C=O) groups is 1. The predicted octanol–water partition coefficient (Wildman–Crippen LogP) is 3.23. The van der Waals surface area contributed by atoms with Crippen LogP contribution < -0.4 is 10.2 Å². The zero-order valence-electron chi connectivity index (χ0n) is 14.4. The molecule has 1 aromatic carbocycles. The zero-order valence-corrected chi connectivity index (χ0v) is 16.8. The van der Waals surface area contributed by atoms with E-state index in [4.69, 9.17) is 4.42 Å². The molecule has 0 unspecified atom stereocenters. The summed E-state index contributed by atoms with van der Waals surface area (Å²) in [4.78, 5) is 14.7. The van der Waals surface area contributed by atoms with Crippen molar-refractivity contribution in [2.24, 2.45) is 0 Å². The molecule has 1 fully saturated rings. The Morgan fingerprint density at radius 1 is 1.19 bits per heavy atom. The average Bonchev–Trinajstić information content (AvgIpc) is 3.09. The number of amides is 1. The SMILES string of the molecule is CCS(=O)(=O)c1ccc(N2CCC(NC(=O)c3ccc(Br)o3)CC2)cc1. The van der Waals surface area contributed by atoms with Crippen LogP contribution in [0.15, 0.2) is 50.4 Å². The van der Waals surface area contributed by atoms with E-state index in [2.05, 4.69) is 26.1 Å². The van der Waals surface area contributed by atoms with Crippen molar-refractivity contribution in [3.05, 3.63) is 46.8 Å². The Balaban J connectivity index is 1.56. The van der Waals surface area contributed by atoms with E-state index in [9.17, 15) is 13.2 Å². The molecule has 0 spiro atoms. The molecule has 26 heavy (non-hydrogen) atoms. The van der Waals surface area contributed by atoms with E-state index in [1.54, 1.807) is 31.2 Å². The van der Waals surface area contributed by atoms with Gasteiger partial charge in [0, 0.05) is 24.8 Å². The Labute approximate surface area is 161 Å². The summed E-state index contributed by atoms with van der Waals surface area (Å²) in [5.74, 6) is 0.194. The van der Waals surface area contributed by atoms with Gasteiger partial charge in [-0.1, -0.05) is 6.92 Å². The summed E-state index contributed by atoms with van der Waals surface area (Å²) in [7, 11) is -3.17. The standard InChI is InChI=1S/C18H21BrN2O4S/c1-2-26(23,24)15-5-3-14(4-6-15)21-11-9-13(10-12-21)20-18(22)16-7-8-17(19)25-16/h3-8,13H,2,9-12H2,1H3,(H,20,22). The Morgan fingerprint density at radius 2 is 1.85 bits per heavy atom. The van der Waals surface area contributed by atoms with Gasteiger partial charge < -0.3 is 14.6 Å². The summed E-state index contributed by atoms with van der Waals surface area (Å²) in [6.45, 7) is 3.24. The molecular weight excluding hydrogens is 420 g/mol. The number of halogens is 1. The summed E-state index contributed by atoms with van der Waals surface area (Å²) in [5.41, 5.74) is 1.000. The van der Waals surface area contributed by atoms with Crippen LogP contribution in [0.25, 0.3) is 0 Å². The minimum atomic E-state index is -3.17. The van der Waals surface area contributed by atoms with Gasteiger partial charge in [-0.15, -0.1) is 0 Å². The maximum Gasteiger partial charge on any atom is 0.287 e. The lowest BCUT2D eigenvalue weighted by Crippen LogP contribution is -2.44. The van der Waals surface area contributed by atoms with Crippen molar-refractivity contribution in [1.82, 2.24) is 5.32 Å². The molecule has 0 radical (unpaired) electrons. The number of nitrogens with one attached hydrogen (secondary N) is 1. The third-order valence-corrected chi connectivity index (χ3v) is 6.74. The van der Waals surface area contributed by atoms with Gasteiger partial charge in [-0.05, 0) is 65.2 Å². The molecule has 8 heteroatoms. The number of piperidine rings is 1. The monoisotopic (exact) mass is 440 g/mol. The first-order chi connectivity index (χ1) is 12.4. The first-order valence-electron chi connectivity index (χ1n) is 8.53. The number of rotatable bonds is 5. The quantitative estimate of drug-likeness (QED) is 0.771. The lowest BCUT2D eigenvalue weighted by Gasteiger charge is -2.33. The zero-order chi connectivity index (χ0) is 18.7. The van der Waals surface area contributed by atoms with Crippen molar-refractivity contribution in [3.8, 4) is 0 Å². The van der Waals surface area contributed by atoms with Gasteiger partial charge in [-0.25, -0.2) is 8.42 Å². The number of carbonyl (C=O) groups excluding carboxylic acids is 1. The summed E-state index contributed by atoms with van der Waals surface area (Å²) in [6.07, 6.45) is 1.64. The summed E-state index contributed by atoms with van der Waals surface area (Å²) >= 11 is 3.19. The molecule has 3 rings (SSSR count). The highest BCUT2D eigenvalue weighted by molar-refractivity contribution is 9.10. The number of hydrogen-bond donors (Lipinski definition) is 1. The van der Waals surface area contributed by atoms with Crippen LogP contribution >= 0.6 is 15.9 Å². The highest BCUT2D eigenvalue weighted by Crippen LogP contribution is 2.23. The number of sulfone groups is 1. The number of hydrogen-bond acceptors (Lipinski definition) is 5. The van der Waals surface area contributed by atoms with E-state index >= 15 is 0 Å². The third-order valence-electron chi connectivity index (χ3n) is 4.57. The van der Waals surface area contributed by atoms with Crippen LogP contribution in [0.4, 0.5) is 5.69 Å². The molecule has 2 heterocycles. The molecule has 0 bridgehead atoms. The van der Waals surface area contributed by atoms with Gasteiger partial charge >= 0.3 is 0 Å². The minimum Gasteiger partial charge on any atom is -0.444 e. The van der Waals surface area contributed by atoms with Crippen LogP contribution in [-0.4, -0.2) is 39.2 Å². The van der Waals surface area contributed by atoms with E-state index in [0.29, 0.717) is 15.3 Å². The Hall–Kier alpha value is -1.80. The Morgan fingerprint density at radius 3 is 2.38 bits per heavy atom. The highest BCUT2D eigenvalue weighted by Gasteiger charge is 2.23. The molecule has 140 valence electrons. The Kier molecular flexibility index (Phi) is 5.72. The van der Waals surface area contributed by atoms with Gasteiger partial charge in [-0.2, -0.15) is 0 Å². The maximum atomic E-state index is 12.1. The lowest BCUT2D eigenvalue weighted by molar-refractivity contribution is 0.0901. The third kappa shape index (κ3) is 4.29. The van der Waals surface area contributed by atoms with E-state index in [0.717, 1.165) is 31.6 Å². The van der Waals surface area contributed by atoms with Crippen molar-refractivity contribution in [3.63, 3.8) is 0 Å². The summed E-state index contributed by atoms with van der Waals surface area (Å²) in [5, 5.41) is 3.00. The molecule has 1 aromatic heterocycles. The molecule has 2 aromatic rings. The first-order valence-corrected chi connectivity index (χ1v) is 11.0. The van der Waals surface area contributed by atoms with Gasteiger partial charge in [0.15, 0.2) is 20.3 Å². The fraction of sp³-hybridized carbons (Fsp3) is 0.389. The fourth-order valence-electron chi connectivity index (χ4n) is 3.01. The maximum absolute atomic E-state index is 12.1. The summed E-state index contributed by atoms with van der Waals surface area (Å²) < 4.78 is 29.6. The van der Waals surface area contributed by atoms with Gasteiger partial charge in [0.05, 0.1) is 10.6 Å². The van der Waals surface area contributed by atoms with E-state index in [1.807, 2.05) is 12.1 Å². The molecule has 0 atom stereocenters. The average molecular weight is 441 g/mol. The fourth-order valence-corrected chi connectivity index (χ4v) is 4.20. The lowest BCUT2D eigenvalue weighted by atomic mass is 10.0. The second-order valence-electron chi connectivity index (χ2n) is 6.24. The van der Waals surface area contributed by atoms with Crippen LogP contribution in [0.5, 0.6) is 0 Å². The van der Waals surface area contributed by atoms with E-state index in [-0.39, 0.29) is 17.7 Å². The second kappa shape index (κ2) is 7.84. The van der Waals surface area contributed by atoms with Gasteiger partial charge in [0.2, 0.25) is 0 Å². The molecule has 1 aliphatic heterocycles. The van der Waals surface area contributed by atoms with Crippen LogP contribution in [0.3, 0.4) is 0 Å². The molecular formula is C18H21BrN2O4S. The molecule has 1 saturated heterocycles. The molecule has 6 nitrogen and oxygen atoms in total. The number of anilines is 1. The number of benzene rings is 1. The van der Waals surface area contributed by atoms with E-state index in [1.165, 1.54) is 0 Å². The van der Waals surface area contributed by atoms with Gasteiger partial charge in [0.25, 0.3) is 5.91 Å². The van der Waals surface area contributed by atoms with Gasteiger partial charge in [0.1, 0.15) is 0 Å². The number of furan rings is 1. The van der Waals surface area contributed by atoms with Crippen molar-refractivity contribution < 1.29 is 17.6 Å². The normalized spacial score (nSPS) is 15.8. The van der Waals surface area contributed by atoms with Crippen LogP contribution in [0.1, 0.15) is 30.3 Å². The molecule has 1 aliphatic rings. The van der Waals surface area contributed by atoms with Crippen molar-refractivity contribution in [2.45, 2.75) is 30.7 Å². The summed E-state index contributed by atoms with van der Waals surface area (Å²) in [6, 6.07) is 10.5. The van der Waals surface area contributed by atoms with Crippen molar-refractivity contribution in [2.75, 3.05) is 23.7 Å². The smallest absolute Gasteiger partial charge is 0.287 e. The highest BCUT2D eigenvalue weighted by atomic mass is 79.9. The molecule has 1 N–H and O–H groups in total. The van der Waals surface area contributed by atoms with Gasteiger partial charge in [-0.3, -0.25) is 4.79 Å². The largest absolute Gasteiger partial charge is 0.444 e. The van der Waals surface area contributed by atoms with E-state index < -0.39 is 9.84 Å². The molecule has 0 aliphatic carbocycles. The number of nitrogens with zero attached hydrogens (tertiary/aromatic N) is 1. The van der Waals surface area contributed by atoms with Crippen LogP contribution in [0, 0.1) is 0 Å². The Bertz CT molecular complexity index is 869. The van der Waals surface area contributed by atoms with Crippen LogP contribution in [-0.2, 0) is 9.84 Å². The topological polar surface area (TPSA) is 79.6 Å².